The molecule has 0 fully saturated rings. The first-order valence-corrected chi connectivity index (χ1v) is 6.16. The fourth-order valence-electron chi connectivity index (χ4n) is 2.04. The predicted molar refractivity (Wildman–Crippen MR) is 67.1 cm³/mol. The number of halogens is 3. The summed E-state index contributed by atoms with van der Waals surface area (Å²) in [5, 5.41) is 0. The Hall–Kier alpha value is -1.03. The summed E-state index contributed by atoms with van der Waals surface area (Å²) in [4.78, 5) is 0. The Labute approximate surface area is 106 Å². The smallest absolute Gasteiger partial charge is 0.321 e. The van der Waals surface area contributed by atoms with E-state index in [1.165, 1.54) is 12.1 Å². The molecule has 0 spiro atoms. The second kappa shape index (κ2) is 5.31. The molecule has 1 aromatic rings. The van der Waals surface area contributed by atoms with E-state index in [-0.39, 0.29) is 5.92 Å². The zero-order valence-electron chi connectivity index (χ0n) is 11.0. The van der Waals surface area contributed by atoms with E-state index in [9.17, 15) is 13.2 Å². The molecule has 1 nitrogen and oxygen atoms in total. The molecule has 0 heterocycles. The van der Waals surface area contributed by atoms with Gasteiger partial charge in [0.25, 0.3) is 0 Å². The summed E-state index contributed by atoms with van der Waals surface area (Å²) in [5.41, 5.74) is 5.76. The Morgan fingerprint density at radius 3 is 1.94 bits per heavy atom. The third-order valence-electron chi connectivity index (χ3n) is 3.58. The van der Waals surface area contributed by atoms with E-state index in [0.717, 1.165) is 30.5 Å². The van der Waals surface area contributed by atoms with Gasteiger partial charge in [0.1, 0.15) is 0 Å². The summed E-state index contributed by atoms with van der Waals surface area (Å²) in [6.45, 7) is 5.97. The Morgan fingerprint density at radius 1 is 1.11 bits per heavy atom. The third-order valence-corrected chi connectivity index (χ3v) is 3.58. The number of hydrogen-bond donors (Lipinski definition) is 1. The maximum atomic E-state index is 12.5. The molecule has 102 valence electrons. The summed E-state index contributed by atoms with van der Waals surface area (Å²) in [6, 6.07) is 5.15. The molecule has 0 aliphatic rings. The Morgan fingerprint density at radius 2 is 1.56 bits per heavy atom. The van der Waals surface area contributed by atoms with Crippen LogP contribution < -0.4 is 5.73 Å². The number of benzene rings is 1. The average molecular weight is 259 g/mol. The highest BCUT2D eigenvalue weighted by Gasteiger charge is 2.32. The zero-order valence-corrected chi connectivity index (χ0v) is 11.0. The number of alkyl halides is 3. The van der Waals surface area contributed by atoms with Crippen molar-refractivity contribution < 1.29 is 13.2 Å². The first-order chi connectivity index (χ1) is 8.19. The van der Waals surface area contributed by atoms with Crippen LogP contribution in [-0.4, -0.2) is 0 Å². The van der Waals surface area contributed by atoms with Gasteiger partial charge in [-0.15, -0.1) is 0 Å². The van der Waals surface area contributed by atoms with Gasteiger partial charge < -0.3 is 5.73 Å². The zero-order chi connectivity index (χ0) is 14.0. The fraction of sp³-hybridized carbons (Fsp3) is 0.571. The van der Waals surface area contributed by atoms with Gasteiger partial charge in [-0.25, -0.2) is 0 Å². The molecule has 0 aliphatic carbocycles. The van der Waals surface area contributed by atoms with Crippen LogP contribution in [0.2, 0.25) is 0 Å². The van der Waals surface area contributed by atoms with Crippen molar-refractivity contribution in [2.75, 3.05) is 0 Å². The van der Waals surface area contributed by atoms with Crippen molar-refractivity contribution in [3.63, 3.8) is 0 Å². The van der Waals surface area contributed by atoms with E-state index in [2.05, 4.69) is 6.92 Å². The van der Waals surface area contributed by atoms with Crippen LogP contribution in [0.25, 0.3) is 0 Å². The lowest BCUT2D eigenvalue weighted by molar-refractivity contribution is -0.137. The summed E-state index contributed by atoms with van der Waals surface area (Å²) >= 11 is 0. The monoisotopic (exact) mass is 259 g/mol. The molecule has 2 atom stereocenters. The SMILES string of the molecule is CCCC(C)C(C)(N)c1ccc(C(F)(F)F)cc1. The number of rotatable bonds is 4. The second-order valence-corrected chi connectivity index (χ2v) is 5.05. The second-order valence-electron chi connectivity index (χ2n) is 5.05. The normalized spacial score (nSPS) is 17.3. The van der Waals surface area contributed by atoms with E-state index < -0.39 is 17.3 Å². The van der Waals surface area contributed by atoms with Crippen LogP contribution >= 0.6 is 0 Å². The Balaban J connectivity index is 2.97. The summed E-state index contributed by atoms with van der Waals surface area (Å²) in [7, 11) is 0. The van der Waals surface area contributed by atoms with Crippen LogP contribution in [0.5, 0.6) is 0 Å². The highest BCUT2D eigenvalue weighted by atomic mass is 19.4. The van der Waals surface area contributed by atoms with Gasteiger partial charge in [0.2, 0.25) is 0 Å². The van der Waals surface area contributed by atoms with Gasteiger partial charge in [-0.2, -0.15) is 13.2 Å². The van der Waals surface area contributed by atoms with Gasteiger partial charge in [0, 0.05) is 5.54 Å². The quantitative estimate of drug-likeness (QED) is 0.856. The van der Waals surface area contributed by atoms with E-state index in [4.69, 9.17) is 5.73 Å². The first kappa shape index (κ1) is 15.0. The summed E-state index contributed by atoms with van der Waals surface area (Å²) < 4.78 is 37.4. The highest BCUT2D eigenvalue weighted by molar-refractivity contribution is 5.29. The molecule has 4 heteroatoms. The fourth-order valence-corrected chi connectivity index (χ4v) is 2.04. The van der Waals surface area contributed by atoms with Gasteiger partial charge in [0.05, 0.1) is 5.56 Å². The molecular weight excluding hydrogens is 239 g/mol. The first-order valence-electron chi connectivity index (χ1n) is 6.16. The predicted octanol–water partition coefficient (Wildman–Crippen LogP) is 4.32. The van der Waals surface area contributed by atoms with Crippen LogP contribution in [0, 0.1) is 5.92 Å². The molecule has 0 amide bonds. The molecule has 0 aliphatic heterocycles. The molecule has 1 aromatic carbocycles. The van der Waals surface area contributed by atoms with Crippen molar-refractivity contribution >= 4 is 0 Å². The standard InChI is InChI=1S/C14H20F3N/c1-4-5-10(2)13(3,18)11-6-8-12(9-7-11)14(15,16)17/h6-10H,4-5,18H2,1-3H3. The minimum atomic E-state index is -4.29. The van der Waals surface area contributed by atoms with Crippen molar-refractivity contribution in [1.82, 2.24) is 0 Å². The van der Waals surface area contributed by atoms with Crippen molar-refractivity contribution in [3.8, 4) is 0 Å². The number of hydrogen-bond acceptors (Lipinski definition) is 1. The lowest BCUT2D eigenvalue weighted by Gasteiger charge is -2.32. The van der Waals surface area contributed by atoms with E-state index in [0.29, 0.717) is 0 Å². The van der Waals surface area contributed by atoms with Crippen LogP contribution in [-0.2, 0) is 11.7 Å². The van der Waals surface area contributed by atoms with Crippen molar-refractivity contribution in [1.29, 1.82) is 0 Å². The minimum absolute atomic E-state index is 0.222. The van der Waals surface area contributed by atoms with Gasteiger partial charge in [-0.3, -0.25) is 0 Å². The number of nitrogens with two attached hydrogens (primary N) is 1. The molecule has 0 radical (unpaired) electrons. The van der Waals surface area contributed by atoms with Crippen molar-refractivity contribution in [2.45, 2.75) is 45.3 Å². The maximum absolute atomic E-state index is 12.5. The molecular formula is C14H20F3N. The van der Waals surface area contributed by atoms with Crippen LogP contribution in [0.1, 0.15) is 44.7 Å². The molecule has 1 rings (SSSR count). The van der Waals surface area contributed by atoms with Crippen LogP contribution in [0.3, 0.4) is 0 Å². The topological polar surface area (TPSA) is 26.0 Å². The Bertz CT molecular complexity index is 379. The Kier molecular flexibility index (Phi) is 4.43. The molecule has 0 bridgehead atoms. The van der Waals surface area contributed by atoms with Gasteiger partial charge in [-0.1, -0.05) is 32.4 Å². The molecule has 18 heavy (non-hydrogen) atoms. The van der Waals surface area contributed by atoms with Crippen LogP contribution in [0.4, 0.5) is 13.2 Å². The van der Waals surface area contributed by atoms with Gasteiger partial charge in [0.15, 0.2) is 0 Å². The average Bonchev–Trinajstić information content (AvgIpc) is 2.28. The summed E-state index contributed by atoms with van der Waals surface area (Å²) in [5.74, 6) is 0.222. The highest BCUT2D eigenvalue weighted by Crippen LogP contribution is 2.33. The lowest BCUT2D eigenvalue weighted by Crippen LogP contribution is -2.39. The van der Waals surface area contributed by atoms with Gasteiger partial charge >= 0.3 is 6.18 Å². The van der Waals surface area contributed by atoms with Gasteiger partial charge in [-0.05, 0) is 37.0 Å². The third kappa shape index (κ3) is 3.25. The molecule has 0 aromatic heterocycles. The maximum Gasteiger partial charge on any atom is 0.416 e. The van der Waals surface area contributed by atoms with Crippen molar-refractivity contribution in [3.05, 3.63) is 35.4 Å². The molecule has 0 saturated carbocycles. The molecule has 2 unspecified atom stereocenters. The molecule has 0 saturated heterocycles. The minimum Gasteiger partial charge on any atom is -0.321 e. The largest absolute Gasteiger partial charge is 0.416 e. The van der Waals surface area contributed by atoms with E-state index in [1.54, 1.807) is 0 Å². The lowest BCUT2D eigenvalue weighted by atomic mass is 9.79. The summed E-state index contributed by atoms with van der Waals surface area (Å²) in [6.07, 6.45) is -2.33. The van der Waals surface area contributed by atoms with Crippen LogP contribution in [0.15, 0.2) is 24.3 Å². The molecule has 2 N–H and O–H groups in total. The van der Waals surface area contributed by atoms with Crippen molar-refractivity contribution in [2.24, 2.45) is 11.7 Å². The van der Waals surface area contributed by atoms with E-state index in [1.807, 2.05) is 13.8 Å². The van der Waals surface area contributed by atoms with E-state index >= 15 is 0 Å².